The van der Waals surface area contributed by atoms with E-state index in [0.717, 1.165) is 23.6 Å². The number of hydrogen-bond donors (Lipinski definition) is 1. The molecule has 0 aliphatic carbocycles. The van der Waals surface area contributed by atoms with E-state index in [2.05, 4.69) is 23.2 Å². The minimum atomic E-state index is -0.0750. The molecule has 0 aromatic heterocycles. The first kappa shape index (κ1) is 18.3. The monoisotopic (exact) mass is 354 g/mol. The summed E-state index contributed by atoms with van der Waals surface area (Å²) >= 11 is 0. The topological polar surface area (TPSA) is 50.8 Å². The number of likely N-dealkylation sites (N-methyl/N-ethyl adjacent to an activating group) is 1. The number of amides is 1. The van der Waals surface area contributed by atoms with Crippen molar-refractivity contribution in [3.05, 3.63) is 59.7 Å². The van der Waals surface area contributed by atoms with Gasteiger partial charge in [-0.1, -0.05) is 43.3 Å². The SMILES string of the molecule is CCN(CC(=O)NCc1ccccc1C)CC1COc2ccccc2O1. The molecule has 0 spiro atoms. The molecule has 1 heterocycles. The Morgan fingerprint density at radius 1 is 1.15 bits per heavy atom. The average Bonchev–Trinajstić information content (AvgIpc) is 2.66. The van der Waals surface area contributed by atoms with Gasteiger partial charge in [0.15, 0.2) is 11.5 Å². The molecule has 0 saturated carbocycles. The number of para-hydroxylation sites is 2. The van der Waals surface area contributed by atoms with E-state index in [1.54, 1.807) is 0 Å². The third kappa shape index (κ3) is 4.76. The van der Waals surface area contributed by atoms with E-state index in [1.165, 1.54) is 5.56 Å². The van der Waals surface area contributed by atoms with Gasteiger partial charge in [-0.2, -0.15) is 0 Å². The van der Waals surface area contributed by atoms with Crippen molar-refractivity contribution in [2.75, 3.05) is 26.2 Å². The Bertz CT molecular complexity index is 748. The number of hydrogen-bond acceptors (Lipinski definition) is 4. The Hall–Kier alpha value is -2.53. The highest BCUT2D eigenvalue weighted by molar-refractivity contribution is 5.78. The van der Waals surface area contributed by atoms with E-state index < -0.39 is 0 Å². The second-order valence-electron chi connectivity index (χ2n) is 6.53. The summed E-state index contributed by atoms with van der Waals surface area (Å²) in [6.45, 7) is 6.94. The van der Waals surface area contributed by atoms with Gasteiger partial charge in [-0.05, 0) is 36.7 Å². The number of aryl methyl sites for hydroxylation is 1. The van der Waals surface area contributed by atoms with Gasteiger partial charge in [-0.25, -0.2) is 0 Å². The van der Waals surface area contributed by atoms with Gasteiger partial charge in [0.2, 0.25) is 5.91 Å². The quantitative estimate of drug-likeness (QED) is 0.831. The molecule has 0 radical (unpaired) electrons. The molecule has 1 unspecified atom stereocenters. The highest BCUT2D eigenvalue weighted by atomic mass is 16.6. The van der Waals surface area contributed by atoms with Gasteiger partial charge in [0, 0.05) is 13.1 Å². The van der Waals surface area contributed by atoms with E-state index in [0.29, 0.717) is 26.2 Å². The van der Waals surface area contributed by atoms with Gasteiger partial charge in [-0.15, -0.1) is 0 Å². The molecule has 0 saturated heterocycles. The number of rotatable bonds is 7. The molecule has 1 N–H and O–H groups in total. The predicted octanol–water partition coefficient (Wildman–Crippen LogP) is 2.77. The maximum absolute atomic E-state index is 12.3. The lowest BCUT2D eigenvalue weighted by atomic mass is 10.1. The van der Waals surface area contributed by atoms with Crippen LogP contribution in [-0.2, 0) is 11.3 Å². The lowest BCUT2D eigenvalue weighted by Crippen LogP contribution is -2.44. The van der Waals surface area contributed by atoms with Crippen LogP contribution < -0.4 is 14.8 Å². The van der Waals surface area contributed by atoms with Gasteiger partial charge in [0.25, 0.3) is 0 Å². The van der Waals surface area contributed by atoms with Gasteiger partial charge < -0.3 is 14.8 Å². The van der Waals surface area contributed by atoms with E-state index in [9.17, 15) is 4.79 Å². The molecular weight excluding hydrogens is 328 g/mol. The fraction of sp³-hybridized carbons (Fsp3) is 0.381. The fourth-order valence-electron chi connectivity index (χ4n) is 3.01. The van der Waals surface area contributed by atoms with Crippen LogP contribution in [0.3, 0.4) is 0 Å². The number of carbonyl (C=O) groups excluding carboxylic acids is 1. The summed E-state index contributed by atoms with van der Waals surface area (Å²) in [6, 6.07) is 15.8. The smallest absolute Gasteiger partial charge is 0.234 e. The van der Waals surface area contributed by atoms with Crippen molar-refractivity contribution in [1.82, 2.24) is 10.2 Å². The molecule has 1 aliphatic heterocycles. The molecule has 1 atom stereocenters. The first-order chi connectivity index (χ1) is 12.7. The maximum Gasteiger partial charge on any atom is 0.234 e. The third-order valence-corrected chi connectivity index (χ3v) is 4.58. The summed E-state index contributed by atoms with van der Waals surface area (Å²) < 4.78 is 11.7. The zero-order valence-electron chi connectivity index (χ0n) is 15.4. The zero-order chi connectivity index (χ0) is 18.4. The van der Waals surface area contributed by atoms with Crippen LogP contribution in [0.4, 0.5) is 0 Å². The molecule has 0 bridgehead atoms. The normalized spacial score (nSPS) is 15.7. The van der Waals surface area contributed by atoms with Crippen molar-refractivity contribution in [2.45, 2.75) is 26.5 Å². The molecule has 3 rings (SSSR count). The number of ether oxygens (including phenoxy) is 2. The maximum atomic E-state index is 12.3. The largest absolute Gasteiger partial charge is 0.486 e. The highest BCUT2D eigenvalue weighted by Gasteiger charge is 2.23. The minimum Gasteiger partial charge on any atom is -0.486 e. The molecule has 2 aromatic carbocycles. The third-order valence-electron chi connectivity index (χ3n) is 4.58. The second-order valence-corrected chi connectivity index (χ2v) is 6.53. The molecule has 5 nitrogen and oxygen atoms in total. The molecule has 5 heteroatoms. The van der Waals surface area contributed by atoms with Gasteiger partial charge in [-0.3, -0.25) is 9.69 Å². The van der Waals surface area contributed by atoms with Crippen molar-refractivity contribution in [2.24, 2.45) is 0 Å². The highest BCUT2D eigenvalue weighted by Crippen LogP contribution is 2.30. The lowest BCUT2D eigenvalue weighted by Gasteiger charge is -2.30. The summed E-state index contributed by atoms with van der Waals surface area (Å²) in [5.74, 6) is 1.57. The molecule has 26 heavy (non-hydrogen) atoms. The van der Waals surface area contributed by atoms with Gasteiger partial charge >= 0.3 is 0 Å². The Morgan fingerprint density at radius 3 is 2.65 bits per heavy atom. The Kier molecular flexibility index (Phi) is 6.12. The van der Waals surface area contributed by atoms with Crippen LogP contribution in [0.1, 0.15) is 18.1 Å². The molecule has 0 fully saturated rings. The summed E-state index contributed by atoms with van der Waals surface area (Å²) in [5.41, 5.74) is 2.33. The van der Waals surface area contributed by atoms with Crippen LogP contribution in [0.15, 0.2) is 48.5 Å². The minimum absolute atomic E-state index is 0.0206. The summed E-state index contributed by atoms with van der Waals surface area (Å²) in [4.78, 5) is 14.4. The molecule has 1 amide bonds. The summed E-state index contributed by atoms with van der Waals surface area (Å²) in [7, 11) is 0. The average molecular weight is 354 g/mol. The van der Waals surface area contributed by atoms with Crippen LogP contribution in [0.2, 0.25) is 0 Å². The second kappa shape index (κ2) is 8.72. The first-order valence-corrected chi connectivity index (χ1v) is 9.07. The van der Waals surface area contributed by atoms with Crippen LogP contribution in [-0.4, -0.2) is 43.2 Å². The zero-order valence-corrected chi connectivity index (χ0v) is 15.4. The Balaban J connectivity index is 1.48. The molecule has 1 aliphatic rings. The number of nitrogens with one attached hydrogen (secondary N) is 1. The summed E-state index contributed by atoms with van der Waals surface area (Å²) in [6.07, 6.45) is -0.0750. The Morgan fingerprint density at radius 2 is 1.88 bits per heavy atom. The predicted molar refractivity (Wildman–Crippen MR) is 101 cm³/mol. The van der Waals surface area contributed by atoms with Crippen LogP contribution in [0, 0.1) is 6.92 Å². The van der Waals surface area contributed by atoms with E-state index >= 15 is 0 Å². The van der Waals surface area contributed by atoms with E-state index in [4.69, 9.17) is 9.47 Å². The number of fused-ring (bicyclic) bond motifs is 1. The van der Waals surface area contributed by atoms with Crippen molar-refractivity contribution in [3.63, 3.8) is 0 Å². The van der Waals surface area contributed by atoms with Crippen molar-refractivity contribution in [1.29, 1.82) is 0 Å². The first-order valence-electron chi connectivity index (χ1n) is 9.07. The van der Waals surface area contributed by atoms with Crippen LogP contribution in [0.25, 0.3) is 0 Å². The summed E-state index contributed by atoms with van der Waals surface area (Å²) in [5, 5.41) is 3.00. The number of carbonyl (C=O) groups is 1. The van der Waals surface area contributed by atoms with Gasteiger partial charge in [0.05, 0.1) is 6.54 Å². The van der Waals surface area contributed by atoms with E-state index in [-0.39, 0.29) is 12.0 Å². The van der Waals surface area contributed by atoms with Crippen LogP contribution >= 0.6 is 0 Å². The van der Waals surface area contributed by atoms with Crippen LogP contribution in [0.5, 0.6) is 11.5 Å². The standard InChI is InChI=1S/C21H26N2O3/c1-3-23(13-18-15-25-19-10-6-7-11-20(19)26-18)14-21(24)22-12-17-9-5-4-8-16(17)2/h4-11,18H,3,12-15H2,1-2H3,(H,22,24). The van der Waals surface area contributed by atoms with Gasteiger partial charge in [0.1, 0.15) is 12.7 Å². The lowest BCUT2D eigenvalue weighted by molar-refractivity contribution is -0.122. The molecular formula is C21H26N2O3. The fourth-order valence-corrected chi connectivity index (χ4v) is 3.01. The molecule has 2 aromatic rings. The van der Waals surface area contributed by atoms with Crippen molar-refractivity contribution < 1.29 is 14.3 Å². The van der Waals surface area contributed by atoms with E-state index in [1.807, 2.05) is 49.4 Å². The Labute approximate surface area is 154 Å². The van der Waals surface area contributed by atoms with Crippen molar-refractivity contribution in [3.8, 4) is 11.5 Å². The molecule has 138 valence electrons. The van der Waals surface area contributed by atoms with Crippen molar-refractivity contribution >= 4 is 5.91 Å². The number of nitrogens with zero attached hydrogens (tertiary/aromatic N) is 1. The number of benzene rings is 2.